The first kappa shape index (κ1) is 21.2. The van der Waals surface area contributed by atoms with Gasteiger partial charge in [0.2, 0.25) is 0 Å². The lowest BCUT2D eigenvalue weighted by molar-refractivity contribution is -0.178. The van der Waals surface area contributed by atoms with Crippen molar-refractivity contribution in [2.45, 2.75) is 38.6 Å². The minimum Gasteiger partial charge on any atom is -0.348 e. The van der Waals surface area contributed by atoms with Gasteiger partial charge in [0.25, 0.3) is 0 Å². The van der Waals surface area contributed by atoms with E-state index in [0.717, 1.165) is 6.42 Å². The van der Waals surface area contributed by atoms with Crippen LogP contribution in [-0.4, -0.2) is 24.7 Å². The summed E-state index contributed by atoms with van der Waals surface area (Å²) in [6.07, 6.45) is 1.03. The van der Waals surface area contributed by atoms with Crippen LogP contribution in [0.1, 0.15) is 27.2 Å². The highest BCUT2D eigenvalue weighted by Crippen LogP contribution is 2.61. The molecule has 1 heterocycles. The van der Waals surface area contributed by atoms with Crippen molar-refractivity contribution in [2.75, 3.05) is 13.2 Å². The molecule has 0 bridgehead atoms. The van der Waals surface area contributed by atoms with Crippen molar-refractivity contribution in [1.29, 1.82) is 0 Å². The molecule has 1 aliphatic rings. The first-order chi connectivity index (χ1) is 14.6. The zero-order valence-electron chi connectivity index (χ0n) is 18.2. The van der Waals surface area contributed by atoms with E-state index >= 15 is 0 Å². The Bertz CT molecular complexity index is 824. The molecule has 0 spiro atoms. The van der Waals surface area contributed by atoms with E-state index in [4.69, 9.17) is 9.47 Å². The van der Waals surface area contributed by atoms with Crippen LogP contribution in [0.4, 0.5) is 0 Å². The third kappa shape index (κ3) is 3.85. The van der Waals surface area contributed by atoms with Crippen molar-refractivity contribution in [3.63, 3.8) is 0 Å². The second-order valence-electron chi connectivity index (χ2n) is 8.43. The quantitative estimate of drug-likeness (QED) is 0.493. The van der Waals surface area contributed by atoms with E-state index in [2.05, 4.69) is 112 Å². The monoisotopic (exact) mass is 419 g/mol. The van der Waals surface area contributed by atoms with E-state index < -0.39 is 13.0 Å². The van der Waals surface area contributed by atoms with Crippen LogP contribution in [0.25, 0.3) is 0 Å². The van der Waals surface area contributed by atoms with Crippen LogP contribution in [0, 0.1) is 5.92 Å². The second-order valence-corrected chi connectivity index (χ2v) is 12.3. The van der Waals surface area contributed by atoms with Gasteiger partial charge in [-0.3, -0.25) is 0 Å². The average molecular weight is 420 g/mol. The lowest BCUT2D eigenvalue weighted by atomic mass is 9.97. The molecule has 0 N–H and O–H groups in total. The van der Waals surface area contributed by atoms with Crippen LogP contribution in [0.3, 0.4) is 0 Å². The van der Waals surface area contributed by atoms with Crippen molar-refractivity contribution in [1.82, 2.24) is 0 Å². The van der Waals surface area contributed by atoms with Crippen molar-refractivity contribution in [3.05, 3.63) is 91.0 Å². The van der Waals surface area contributed by atoms with Crippen LogP contribution in [0.15, 0.2) is 91.0 Å². The van der Waals surface area contributed by atoms with Gasteiger partial charge >= 0.3 is 0 Å². The van der Waals surface area contributed by atoms with Gasteiger partial charge in [-0.25, -0.2) is 0 Å². The highest BCUT2D eigenvalue weighted by Gasteiger charge is 2.52. The molecule has 30 heavy (non-hydrogen) atoms. The largest absolute Gasteiger partial charge is 0.348 e. The van der Waals surface area contributed by atoms with Crippen LogP contribution in [-0.2, 0) is 9.47 Å². The minimum absolute atomic E-state index is 0.297. The summed E-state index contributed by atoms with van der Waals surface area (Å²) < 4.78 is 12.0. The number of ether oxygens (including phenoxy) is 2. The van der Waals surface area contributed by atoms with E-state index in [1.165, 1.54) is 15.9 Å². The fourth-order valence-electron chi connectivity index (χ4n) is 4.90. The summed E-state index contributed by atoms with van der Waals surface area (Å²) >= 11 is 0. The van der Waals surface area contributed by atoms with Crippen molar-refractivity contribution < 1.29 is 9.47 Å². The molecule has 2 unspecified atom stereocenters. The molecule has 1 aliphatic heterocycles. The van der Waals surface area contributed by atoms with E-state index in [9.17, 15) is 0 Å². The van der Waals surface area contributed by atoms with E-state index in [0.29, 0.717) is 24.8 Å². The number of hydrogen-bond acceptors (Lipinski definition) is 2. The maximum atomic E-state index is 6.02. The molecule has 3 aromatic carbocycles. The fourth-order valence-corrected chi connectivity index (χ4v) is 9.88. The molecule has 1 saturated heterocycles. The molecule has 156 valence electrons. The maximum absolute atomic E-state index is 6.02. The molecule has 0 aliphatic carbocycles. The summed E-state index contributed by atoms with van der Waals surface area (Å²) in [5.74, 6) is -0.195. The third-order valence-corrected chi connectivity index (χ3v) is 11.5. The first-order valence-electron chi connectivity index (χ1n) is 10.9. The molecule has 0 radical (unpaired) electrons. The summed E-state index contributed by atoms with van der Waals surface area (Å²) in [5, 5.41) is 4.29. The highest BCUT2D eigenvalue weighted by molar-refractivity contribution is 7.96. The zero-order chi connectivity index (χ0) is 21.0. The lowest BCUT2D eigenvalue weighted by Crippen LogP contribution is -2.41. The van der Waals surface area contributed by atoms with E-state index in [-0.39, 0.29) is 0 Å². The Balaban J connectivity index is 1.86. The van der Waals surface area contributed by atoms with Crippen molar-refractivity contribution >= 4 is 23.2 Å². The highest BCUT2D eigenvalue weighted by atomic mass is 31.2. The van der Waals surface area contributed by atoms with E-state index in [1.54, 1.807) is 0 Å². The third-order valence-electron chi connectivity index (χ3n) is 6.60. The van der Waals surface area contributed by atoms with Crippen molar-refractivity contribution in [2.24, 2.45) is 5.92 Å². The molecule has 3 aromatic rings. The molecule has 3 heteroatoms. The molecular weight excluding hydrogens is 387 g/mol. The Kier molecular flexibility index (Phi) is 6.39. The number of rotatable bonds is 7. The average Bonchev–Trinajstić information content (AvgIpc) is 3.24. The maximum Gasteiger partial charge on any atom is 0.168 e. The molecule has 2 nitrogen and oxygen atoms in total. The Morgan fingerprint density at radius 1 is 0.700 bits per heavy atom. The smallest absolute Gasteiger partial charge is 0.168 e. The Hall–Kier alpha value is -1.99. The normalized spacial score (nSPS) is 18.1. The van der Waals surface area contributed by atoms with Gasteiger partial charge in [-0.2, -0.15) is 0 Å². The first-order valence-corrected chi connectivity index (χ1v) is 12.8. The van der Waals surface area contributed by atoms with E-state index in [1.807, 2.05) is 0 Å². The number of benzene rings is 3. The topological polar surface area (TPSA) is 18.5 Å². The molecule has 1 fully saturated rings. The van der Waals surface area contributed by atoms with Gasteiger partial charge in [0, 0.05) is 5.92 Å². The minimum atomic E-state index is -1.88. The van der Waals surface area contributed by atoms with Gasteiger partial charge in [-0.15, -0.1) is 0 Å². The Morgan fingerprint density at radius 2 is 1.07 bits per heavy atom. The Morgan fingerprint density at radius 3 is 1.43 bits per heavy atom. The fraction of sp³-hybridized carbons (Fsp3) is 0.333. The molecule has 4 rings (SSSR count). The van der Waals surface area contributed by atoms with Gasteiger partial charge in [0.15, 0.2) is 5.79 Å². The van der Waals surface area contributed by atoms with Crippen LogP contribution in [0.5, 0.6) is 0 Å². The van der Waals surface area contributed by atoms with Gasteiger partial charge in [-0.05, 0) is 56.7 Å². The SMILES string of the molecule is CC(CC(C)[P+](c1ccccc1)(c1ccccc1)c1ccccc1)C1(C)OCCO1. The van der Waals surface area contributed by atoms with Gasteiger partial charge in [0.05, 0.1) is 18.9 Å². The summed E-state index contributed by atoms with van der Waals surface area (Å²) in [4.78, 5) is 0. The summed E-state index contributed by atoms with van der Waals surface area (Å²) in [6.45, 7) is 8.18. The predicted molar refractivity (Wildman–Crippen MR) is 129 cm³/mol. The summed E-state index contributed by atoms with van der Waals surface area (Å²) in [7, 11) is -1.88. The molecule has 0 amide bonds. The molecular formula is C27H32O2P+. The lowest BCUT2D eigenvalue weighted by Gasteiger charge is -2.37. The van der Waals surface area contributed by atoms with Gasteiger partial charge in [-0.1, -0.05) is 61.5 Å². The second kappa shape index (κ2) is 9.02. The van der Waals surface area contributed by atoms with Crippen LogP contribution < -0.4 is 15.9 Å². The summed E-state index contributed by atoms with van der Waals surface area (Å²) in [5.41, 5.74) is 0.435. The Labute approximate surface area is 181 Å². The predicted octanol–water partition coefficient (Wildman–Crippen LogP) is 5.16. The zero-order valence-corrected chi connectivity index (χ0v) is 19.1. The van der Waals surface area contributed by atoms with Crippen LogP contribution in [0.2, 0.25) is 0 Å². The summed E-state index contributed by atoms with van der Waals surface area (Å²) in [6, 6.07) is 33.3. The van der Waals surface area contributed by atoms with Gasteiger partial charge in [0.1, 0.15) is 23.2 Å². The van der Waals surface area contributed by atoms with Gasteiger partial charge < -0.3 is 9.47 Å². The van der Waals surface area contributed by atoms with Crippen molar-refractivity contribution in [3.8, 4) is 0 Å². The standard InChI is InChI=1S/C27H32O2P/c1-22(27(3)28-19-20-29-27)21-23(2)30(24-13-7-4-8-14-24,25-15-9-5-10-16-25)26-17-11-6-12-18-26/h4-18,22-23H,19-21H2,1-3H3/q+1. The molecule has 2 atom stereocenters. The molecule has 0 aromatic heterocycles. The molecule has 0 saturated carbocycles. The number of hydrogen-bond donors (Lipinski definition) is 0. The van der Waals surface area contributed by atoms with Crippen LogP contribution >= 0.6 is 7.26 Å².